The third-order valence-electron chi connectivity index (χ3n) is 1.86. The molecule has 0 aliphatic rings. The minimum atomic E-state index is -0.322. The Labute approximate surface area is 101 Å². The smallest absolute Gasteiger partial charge is 0.268 e. The van der Waals surface area contributed by atoms with Crippen molar-refractivity contribution in [2.24, 2.45) is 0 Å². The molecule has 0 aromatic carbocycles. The van der Waals surface area contributed by atoms with Gasteiger partial charge in [0.1, 0.15) is 11.0 Å². The number of aromatic nitrogens is 2. The predicted molar refractivity (Wildman–Crippen MR) is 62.8 cm³/mol. The summed E-state index contributed by atoms with van der Waals surface area (Å²) in [7, 11) is 0. The monoisotopic (exact) mass is 283 g/mol. The zero-order chi connectivity index (χ0) is 12.1. The average Bonchev–Trinajstić information content (AvgIpc) is 2.27. The fourth-order valence-corrected chi connectivity index (χ4v) is 1.35. The van der Waals surface area contributed by atoms with E-state index >= 15 is 0 Å². The number of nitrogens with zero attached hydrogens (tertiary/aromatic N) is 2. The summed E-state index contributed by atoms with van der Waals surface area (Å²) in [6.07, 6.45) is 6.32. The molecule has 1 N–H and O–H groups in total. The van der Waals surface area contributed by atoms with Crippen LogP contribution in [0.25, 0.3) is 0 Å². The molecule has 6 heteroatoms. The lowest BCUT2D eigenvalue weighted by Gasteiger charge is -2.06. The second-order valence-electron chi connectivity index (χ2n) is 3.06. The largest absolute Gasteiger partial charge is 0.344 e. The Morgan fingerprint density at radius 3 is 3.06 bits per heavy atom. The summed E-state index contributed by atoms with van der Waals surface area (Å²) >= 11 is 3.11. The molecule has 0 aliphatic carbocycles. The number of amides is 1. The van der Waals surface area contributed by atoms with E-state index in [4.69, 9.17) is 6.42 Å². The molecule has 0 saturated heterocycles. The van der Waals surface area contributed by atoms with Gasteiger partial charge in [-0.25, -0.2) is 4.98 Å². The first kappa shape index (κ1) is 12.5. The minimum Gasteiger partial charge on any atom is -0.344 e. The van der Waals surface area contributed by atoms with Crippen molar-refractivity contribution >= 4 is 21.8 Å². The summed E-state index contributed by atoms with van der Waals surface area (Å²) in [5.74, 6) is 1.95. The lowest BCUT2D eigenvalue weighted by atomic mass is 10.4. The Bertz CT molecular complexity index is 502. The van der Waals surface area contributed by atoms with Crippen molar-refractivity contribution < 1.29 is 4.79 Å². The molecule has 1 heterocycles. The predicted octanol–water partition coefficient (Wildman–Crippen LogP) is 0.0636. The molecule has 1 amide bonds. The highest BCUT2D eigenvalue weighted by Crippen LogP contribution is 2.05. The number of rotatable bonds is 3. The van der Waals surface area contributed by atoms with Crippen LogP contribution in [-0.4, -0.2) is 22.0 Å². The maximum atomic E-state index is 11.7. The first-order valence-electron chi connectivity index (χ1n) is 4.48. The molecule has 84 valence electrons. The van der Waals surface area contributed by atoms with Gasteiger partial charge in [-0.1, -0.05) is 5.92 Å². The first-order valence-corrected chi connectivity index (χ1v) is 5.27. The third-order valence-corrected chi connectivity index (χ3v) is 2.77. The number of carbonyl (C=O) groups excluding carboxylic acids is 1. The number of hydrogen-bond acceptors (Lipinski definition) is 3. The fraction of sp³-hybridized carbons (Fsp3) is 0.300. The summed E-state index contributed by atoms with van der Waals surface area (Å²) < 4.78 is 1.57. The maximum Gasteiger partial charge on any atom is 0.268 e. The van der Waals surface area contributed by atoms with E-state index in [1.807, 2.05) is 0 Å². The van der Waals surface area contributed by atoms with Gasteiger partial charge in [0.25, 0.3) is 5.56 Å². The van der Waals surface area contributed by atoms with Gasteiger partial charge >= 0.3 is 0 Å². The zero-order valence-electron chi connectivity index (χ0n) is 8.66. The third kappa shape index (κ3) is 2.94. The summed E-state index contributed by atoms with van der Waals surface area (Å²) in [4.78, 5) is 26.9. The molecule has 0 fully saturated rings. The number of halogens is 1. The number of carbonyl (C=O) groups is 1. The Hall–Kier alpha value is -1.61. The normalized spacial score (nSPS) is 9.56. The highest BCUT2D eigenvalue weighted by molar-refractivity contribution is 9.10. The molecule has 0 spiro atoms. The van der Waals surface area contributed by atoms with Gasteiger partial charge in [0.15, 0.2) is 0 Å². The van der Waals surface area contributed by atoms with Crippen LogP contribution in [0.2, 0.25) is 0 Å². The SMILES string of the molecule is C#CCNC(=O)Cn1cnc(C)c(Br)c1=O. The van der Waals surface area contributed by atoms with Crippen LogP contribution in [0.1, 0.15) is 5.69 Å². The van der Waals surface area contributed by atoms with Gasteiger partial charge in [-0.2, -0.15) is 0 Å². The number of nitrogens with one attached hydrogen (secondary N) is 1. The molecule has 1 aromatic heterocycles. The highest BCUT2D eigenvalue weighted by atomic mass is 79.9. The van der Waals surface area contributed by atoms with Crippen LogP contribution in [0, 0.1) is 19.3 Å². The van der Waals surface area contributed by atoms with E-state index < -0.39 is 0 Å². The van der Waals surface area contributed by atoms with Crippen LogP contribution in [0.4, 0.5) is 0 Å². The van der Waals surface area contributed by atoms with Crippen LogP contribution in [0.3, 0.4) is 0 Å². The second kappa shape index (κ2) is 5.47. The summed E-state index contributed by atoms with van der Waals surface area (Å²) in [6.45, 7) is 1.76. The van der Waals surface area contributed by atoms with Crippen LogP contribution in [0.15, 0.2) is 15.6 Å². The van der Waals surface area contributed by atoms with Gasteiger partial charge in [-0.05, 0) is 22.9 Å². The molecule has 5 nitrogen and oxygen atoms in total. The van der Waals surface area contributed by atoms with E-state index in [1.165, 1.54) is 10.9 Å². The molecule has 0 radical (unpaired) electrons. The topological polar surface area (TPSA) is 64.0 Å². The van der Waals surface area contributed by atoms with Crippen molar-refractivity contribution in [1.82, 2.24) is 14.9 Å². The van der Waals surface area contributed by atoms with Crippen LogP contribution in [-0.2, 0) is 11.3 Å². The van der Waals surface area contributed by atoms with E-state index in [0.29, 0.717) is 10.2 Å². The lowest BCUT2D eigenvalue weighted by Crippen LogP contribution is -2.33. The molecule has 0 saturated carbocycles. The van der Waals surface area contributed by atoms with Gasteiger partial charge in [0.05, 0.1) is 18.6 Å². The molecule has 16 heavy (non-hydrogen) atoms. The van der Waals surface area contributed by atoms with E-state index in [1.54, 1.807) is 6.92 Å². The second-order valence-corrected chi connectivity index (χ2v) is 3.85. The lowest BCUT2D eigenvalue weighted by molar-refractivity contribution is -0.121. The molecular formula is C10H10BrN3O2. The quantitative estimate of drug-likeness (QED) is 0.799. The summed E-state index contributed by atoms with van der Waals surface area (Å²) in [5, 5.41) is 2.46. The van der Waals surface area contributed by atoms with Crippen molar-refractivity contribution in [2.75, 3.05) is 6.54 Å². The Morgan fingerprint density at radius 1 is 1.75 bits per heavy atom. The Balaban J connectivity index is 2.84. The number of hydrogen-bond donors (Lipinski definition) is 1. The standard InChI is InChI=1S/C10H10BrN3O2/c1-3-4-12-8(15)5-14-6-13-7(2)9(11)10(14)16/h1,6H,4-5H2,2H3,(H,12,15). The van der Waals surface area contributed by atoms with E-state index in [9.17, 15) is 9.59 Å². The van der Waals surface area contributed by atoms with E-state index in [-0.39, 0.29) is 24.6 Å². The maximum absolute atomic E-state index is 11.7. The fourth-order valence-electron chi connectivity index (χ4n) is 1.02. The van der Waals surface area contributed by atoms with Gasteiger partial charge in [0.2, 0.25) is 5.91 Å². The Morgan fingerprint density at radius 2 is 2.44 bits per heavy atom. The van der Waals surface area contributed by atoms with E-state index in [0.717, 1.165) is 0 Å². The molecule has 0 unspecified atom stereocenters. The van der Waals surface area contributed by atoms with Gasteiger partial charge in [-0.3, -0.25) is 14.2 Å². The molecule has 0 bridgehead atoms. The van der Waals surface area contributed by atoms with E-state index in [2.05, 4.69) is 32.2 Å². The van der Waals surface area contributed by atoms with Crippen LogP contribution in [0.5, 0.6) is 0 Å². The van der Waals surface area contributed by atoms with Crippen molar-refractivity contribution in [3.63, 3.8) is 0 Å². The number of terminal acetylenes is 1. The minimum absolute atomic E-state index is 0.0909. The van der Waals surface area contributed by atoms with Gasteiger partial charge in [-0.15, -0.1) is 6.42 Å². The molecule has 1 rings (SSSR count). The summed E-state index contributed by atoms with van der Waals surface area (Å²) in [5.41, 5.74) is 0.300. The van der Waals surface area contributed by atoms with Crippen LogP contribution >= 0.6 is 15.9 Å². The van der Waals surface area contributed by atoms with Gasteiger partial charge in [0, 0.05) is 0 Å². The molecule has 0 aliphatic heterocycles. The Kier molecular flexibility index (Phi) is 4.26. The molecule has 0 atom stereocenters. The van der Waals surface area contributed by atoms with Crippen molar-refractivity contribution in [1.29, 1.82) is 0 Å². The average molecular weight is 284 g/mol. The summed E-state index contributed by atoms with van der Waals surface area (Å²) in [6, 6.07) is 0. The van der Waals surface area contributed by atoms with Crippen molar-refractivity contribution in [3.05, 3.63) is 26.8 Å². The van der Waals surface area contributed by atoms with Crippen LogP contribution < -0.4 is 10.9 Å². The van der Waals surface area contributed by atoms with Crippen molar-refractivity contribution in [3.8, 4) is 12.3 Å². The highest BCUT2D eigenvalue weighted by Gasteiger charge is 2.08. The van der Waals surface area contributed by atoms with Crippen molar-refractivity contribution in [2.45, 2.75) is 13.5 Å². The molecular weight excluding hydrogens is 274 g/mol. The van der Waals surface area contributed by atoms with Gasteiger partial charge < -0.3 is 5.32 Å². The number of aryl methyl sites for hydroxylation is 1. The first-order chi connectivity index (χ1) is 7.56. The molecule has 1 aromatic rings. The zero-order valence-corrected chi connectivity index (χ0v) is 10.2.